The van der Waals surface area contributed by atoms with Gasteiger partial charge in [0.1, 0.15) is 0 Å². The third-order valence-corrected chi connectivity index (χ3v) is 4.42. The Hall–Kier alpha value is -0.570. The van der Waals surface area contributed by atoms with Gasteiger partial charge in [-0.05, 0) is 39.3 Å². The third kappa shape index (κ3) is 2.10. The largest absolute Gasteiger partial charge is 0.354 e. The molecule has 1 unspecified atom stereocenters. The first-order chi connectivity index (χ1) is 7.68. The first-order valence-corrected chi connectivity index (χ1v) is 6.70. The van der Waals surface area contributed by atoms with Crippen molar-refractivity contribution in [1.29, 1.82) is 0 Å². The van der Waals surface area contributed by atoms with Crippen LogP contribution in [0.25, 0.3) is 0 Å². The van der Waals surface area contributed by atoms with E-state index in [1.165, 1.54) is 19.3 Å². The van der Waals surface area contributed by atoms with Crippen molar-refractivity contribution in [2.45, 2.75) is 52.0 Å². The SMILES string of the molecule is CCCCC(C)N1CCC2(CC1)CNC2=O. The predicted molar refractivity (Wildman–Crippen MR) is 65.2 cm³/mol. The van der Waals surface area contributed by atoms with E-state index in [9.17, 15) is 4.79 Å². The Kier molecular flexibility index (Phi) is 3.53. The lowest BCUT2D eigenvalue weighted by Gasteiger charge is -2.47. The highest BCUT2D eigenvalue weighted by Crippen LogP contribution is 2.36. The first kappa shape index (κ1) is 11.9. The second-order valence-electron chi connectivity index (χ2n) is 5.49. The average Bonchev–Trinajstić information content (AvgIpc) is 2.34. The lowest BCUT2D eigenvalue weighted by Crippen LogP contribution is -2.63. The monoisotopic (exact) mass is 224 g/mol. The van der Waals surface area contributed by atoms with Crippen LogP contribution in [0.5, 0.6) is 0 Å². The molecule has 0 aromatic rings. The smallest absolute Gasteiger partial charge is 0.228 e. The van der Waals surface area contributed by atoms with Crippen molar-refractivity contribution in [3.63, 3.8) is 0 Å². The van der Waals surface area contributed by atoms with Crippen molar-refractivity contribution in [2.75, 3.05) is 19.6 Å². The summed E-state index contributed by atoms with van der Waals surface area (Å²) in [6, 6.07) is 0.695. The molecule has 3 nitrogen and oxygen atoms in total. The lowest BCUT2D eigenvalue weighted by atomic mass is 9.72. The molecular weight excluding hydrogens is 200 g/mol. The van der Waals surface area contributed by atoms with Crippen LogP contribution in [0, 0.1) is 5.41 Å². The molecule has 2 fully saturated rings. The summed E-state index contributed by atoms with van der Waals surface area (Å²) in [4.78, 5) is 14.1. The van der Waals surface area contributed by atoms with E-state index < -0.39 is 0 Å². The summed E-state index contributed by atoms with van der Waals surface area (Å²) in [6.07, 6.45) is 6.04. The van der Waals surface area contributed by atoms with E-state index in [0.29, 0.717) is 11.9 Å². The Morgan fingerprint density at radius 1 is 1.44 bits per heavy atom. The van der Waals surface area contributed by atoms with Crippen molar-refractivity contribution in [1.82, 2.24) is 10.2 Å². The van der Waals surface area contributed by atoms with Crippen molar-refractivity contribution in [2.24, 2.45) is 5.41 Å². The van der Waals surface area contributed by atoms with E-state index in [1.807, 2.05) is 0 Å². The second kappa shape index (κ2) is 4.74. The van der Waals surface area contributed by atoms with Gasteiger partial charge in [-0.3, -0.25) is 4.79 Å². The molecule has 0 saturated carbocycles. The van der Waals surface area contributed by atoms with E-state index in [0.717, 1.165) is 32.5 Å². The Balaban J connectivity index is 1.78. The maximum Gasteiger partial charge on any atom is 0.228 e. The van der Waals surface area contributed by atoms with Gasteiger partial charge < -0.3 is 10.2 Å². The highest BCUT2D eigenvalue weighted by atomic mass is 16.2. The van der Waals surface area contributed by atoms with Gasteiger partial charge in [0.25, 0.3) is 0 Å². The van der Waals surface area contributed by atoms with E-state index in [1.54, 1.807) is 0 Å². The Bertz CT molecular complexity index is 257. The van der Waals surface area contributed by atoms with E-state index in [-0.39, 0.29) is 5.41 Å². The summed E-state index contributed by atoms with van der Waals surface area (Å²) in [7, 11) is 0. The Morgan fingerprint density at radius 2 is 2.12 bits per heavy atom. The van der Waals surface area contributed by atoms with Crippen molar-refractivity contribution >= 4 is 5.91 Å². The fraction of sp³-hybridized carbons (Fsp3) is 0.923. The van der Waals surface area contributed by atoms with Gasteiger partial charge in [0.05, 0.1) is 5.41 Å². The summed E-state index contributed by atoms with van der Waals surface area (Å²) in [5.41, 5.74) is 0.0287. The van der Waals surface area contributed by atoms with Gasteiger partial charge in [0.15, 0.2) is 0 Å². The van der Waals surface area contributed by atoms with Crippen LogP contribution < -0.4 is 5.32 Å². The molecule has 3 heteroatoms. The van der Waals surface area contributed by atoms with Crippen LogP contribution in [0.15, 0.2) is 0 Å². The van der Waals surface area contributed by atoms with Crippen LogP contribution >= 0.6 is 0 Å². The topological polar surface area (TPSA) is 32.3 Å². The van der Waals surface area contributed by atoms with Crippen molar-refractivity contribution in [3.8, 4) is 0 Å². The number of unbranched alkanes of at least 4 members (excludes halogenated alkanes) is 1. The fourth-order valence-corrected chi connectivity index (χ4v) is 2.89. The highest BCUT2D eigenvalue weighted by molar-refractivity contribution is 5.88. The molecule has 0 aromatic carbocycles. The van der Waals surface area contributed by atoms with Crippen LogP contribution in [-0.4, -0.2) is 36.5 Å². The van der Waals surface area contributed by atoms with Crippen LogP contribution in [0.3, 0.4) is 0 Å². The maximum atomic E-state index is 11.5. The van der Waals surface area contributed by atoms with Gasteiger partial charge in [-0.15, -0.1) is 0 Å². The molecule has 0 aromatic heterocycles. The number of rotatable bonds is 4. The van der Waals surface area contributed by atoms with Crippen molar-refractivity contribution in [3.05, 3.63) is 0 Å². The van der Waals surface area contributed by atoms with Gasteiger partial charge >= 0.3 is 0 Å². The number of nitrogens with one attached hydrogen (secondary N) is 1. The third-order valence-electron chi connectivity index (χ3n) is 4.42. The Labute approximate surface area is 98.6 Å². The van der Waals surface area contributed by atoms with Crippen molar-refractivity contribution < 1.29 is 4.79 Å². The van der Waals surface area contributed by atoms with Crippen LogP contribution in [0.4, 0.5) is 0 Å². The number of β-lactam (4-membered cyclic amide) rings is 1. The number of carbonyl (C=O) groups excluding carboxylic acids is 1. The average molecular weight is 224 g/mol. The second-order valence-corrected chi connectivity index (χ2v) is 5.49. The van der Waals surface area contributed by atoms with E-state index in [2.05, 4.69) is 24.1 Å². The summed E-state index contributed by atoms with van der Waals surface area (Å²) < 4.78 is 0. The zero-order valence-electron chi connectivity index (χ0n) is 10.6. The summed E-state index contributed by atoms with van der Waals surface area (Å²) in [6.45, 7) is 7.71. The molecule has 0 radical (unpaired) electrons. The number of carbonyl (C=O) groups is 1. The molecule has 2 heterocycles. The number of nitrogens with zero attached hydrogens (tertiary/aromatic N) is 1. The number of hydrogen-bond donors (Lipinski definition) is 1. The standard InChI is InChI=1S/C13H24N2O/c1-3-4-5-11(2)15-8-6-13(7-9-15)10-14-12(13)16/h11H,3-10H2,1-2H3,(H,14,16). The molecule has 0 aliphatic carbocycles. The number of piperidine rings is 1. The van der Waals surface area contributed by atoms with E-state index >= 15 is 0 Å². The van der Waals surface area contributed by atoms with Crippen LogP contribution in [0.2, 0.25) is 0 Å². The molecule has 92 valence electrons. The molecule has 1 amide bonds. The van der Waals surface area contributed by atoms with Gasteiger partial charge in [-0.2, -0.15) is 0 Å². The molecular formula is C13H24N2O. The normalized spacial score (nSPS) is 26.2. The fourth-order valence-electron chi connectivity index (χ4n) is 2.89. The lowest BCUT2D eigenvalue weighted by molar-refractivity contribution is -0.144. The molecule has 2 aliphatic heterocycles. The zero-order valence-corrected chi connectivity index (χ0v) is 10.6. The molecule has 1 N–H and O–H groups in total. The van der Waals surface area contributed by atoms with Gasteiger partial charge in [-0.25, -0.2) is 0 Å². The minimum atomic E-state index is 0.0287. The molecule has 1 atom stereocenters. The summed E-state index contributed by atoms with van der Waals surface area (Å²) in [5, 5.41) is 2.89. The summed E-state index contributed by atoms with van der Waals surface area (Å²) in [5.74, 6) is 0.299. The molecule has 1 spiro atoms. The highest BCUT2D eigenvalue weighted by Gasteiger charge is 2.48. The van der Waals surface area contributed by atoms with E-state index in [4.69, 9.17) is 0 Å². The summed E-state index contributed by atoms with van der Waals surface area (Å²) >= 11 is 0. The number of likely N-dealkylation sites (tertiary alicyclic amines) is 1. The minimum absolute atomic E-state index is 0.0287. The number of hydrogen-bond acceptors (Lipinski definition) is 2. The van der Waals surface area contributed by atoms with Crippen LogP contribution in [-0.2, 0) is 4.79 Å². The molecule has 2 rings (SSSR count). The first-order valence-electron chi connectivity index (χ1n) is 6.70. The maximum absolute atomic E-state index is 11.5. The molecule has 2 aliphatic rings. The van der Waals surface area contributed by atoms with Gasteiger partial charge in [0, 0.05) is 12.6 Å². The molecule has 0 bridgehead atoms. The van der Waals surface area contributed by atoms with Crippen LogP contribution in [0.1, 0.15) is 46.0 Å². The number of amides is 1. The Morgan fingerprint density at radius 3 is 2.56 bits per heavy atom. The van der Waals surface area contributed by atoms with Gasteiger partial charge in [-0.1, -0.05) is 19.8 Å². The van der Waals surface area contributed by atoms with Gasteiger partial charge in [0.2, 0.25) is 5.91 Å². The minimum Gasteiger partial charge on any atom is -0.354 e. The predicted octanol–water partition coefficient (Wildman–Crippen LogP) is 1.78. The molecule has 2 saturated heterocycles. The quantitative estimate of drug-likeness (QED) is 0.738. The zero-order chi connectivity index (χ0) is 11.6. The molecule has 16 heavy (non-hydrogen) atoms.